The topological polar surface area (TPSA) is 50.7 Å². The fourth-order valence-electron chi connectivity index (χ4n) is 2.52. The molecule has 0 aromatic rings. The second kappa shape index (κ2) is 10.6. The Morgan fingerprint density at radius 1 is 1.35 bits per heavy atom. The van der Waals surface area contributed by atoms with Gasteiger partial charge in [-0.05, 0) is 58.4 Å². The summed E-state index contributed by atoms with van der Waals surface area (Å²) < 4.78 is 11.3. The summed E-state index contributed by atoms with van der Waals surface area (Å²) in [5, 5.41) is 12.9. The maximum atomic E-state index is 9.47. The summed E-state index contributed by atoms with van der Waals surface area (Å²) in [6, 6.07) is 0. The molecule has 4 heteroatoms. The van der Waals surface area contributed by atoms with Gasteiger partial charge >= 0.3 is 0 Å². The van der Waals surface area contributed by atoms with Gasteiger partial charge in [0.05, 0.1) is 19.3 Å². The molecule has 1 rings (SSSR count). The second-order valence-electron chi connectivity index (χ2n) is 6.17. The van der Waals surface area contributed by atoms with Gasteiger partial charge in [-0.1, -0.05) is 6.92 Å². The molecular formula is C16H33NO3. The first-order chi connectivity index (χ1) is 9.70. The van der Waals surface area contributed by atoms with Crippen molar-refractivity contribution in [2.24, 2.45) is 0 Å². The van der Waals surface area contributed by atoms with Crippen molar-refractivity contribution in [3.05, 3.63) is 0 Å². The molecule has 20 heavy (non-hydrogen) atoms. The summed E-state index contributed by atoms with van der Waals surface area (Å²) in [5.41, 5.74) is -0.136. The number of aliphatic hydroxyl groups is 1. The molecule has 1 fully saturated rings. The summed E-state index contributed by atoms with van der Waals surface area (Å²) in [6.07, 6.45) is 8.15. The Morgan fingerprint density at radius 2 is 2.20 bits per heavy atom. The zero-order chi connectivity index (χ0) is 14.7. The van der Waals surface area contributed by atoms with Crippen LogP contribution in [0.25, 0.3) is 0 Å². The van der Waals surface area contributed by atoms with E-state index < -0.39 is 0 Å². The van der Waals surface area contributed by atoms with Crippen LogP contribution in [0.4, 0.5) is 0 Å². The lowest BCUT2D eigenvalue weighted by molar-refractivity contribution is -0.0413. The zero-order valence-electron chi connectivity index (χ0n) is 13.3. The van der Waals surface area contributed by atoms with Crippen molar-refractivity contribution in [2.45, 2.75) is 70.4 Å². The Balaban J connectivity index is 1.99. The van der Waals surface area contributed by atoms with Crippen molar-refractivity contribution in [1.29, 1.82) is 0 Å². The molecule has 0 aromatic carbocycles. The summed E-state index contributed by atoms with van der Waals surface area (Å²) in [5.74, 6) is 0. The average Bonchev–Trinajstić information content (AvgIpc) is 2.50. The number of unbranched alkanes of at least 4 members (excludes halogenated alkanes) is 1. The van der Waals surface area contributed by atoms with Crippen LogP contribution in [-0.2, 0) is 9.47 Å². The van der Waals surface area contributed by atoms with Crippen LogP contribution in [-0.4, -0.2) is 49.7 Å². The minimum Gasteiger partial charge on any atom is -0.394 e. The highest BCUT2D eigenvalue weighted by Crippen LogP contribution is 2.15. The van der Waals surface area contributed by atoms with Crippen LogP contribution >= 0.6 is 0 Å². The van der Waals surface area contributed by atoms with E-state index in [1.165, 1.54) is 12.8 Å². The van der Waals surface area contributed by atoms with Crippen molar-refractivity contribution in [2.75, 3.05) is 33.0 Å². The molecule has 1 aliphatic heterocycles. The van der Waals surface area contributed by atoms with Gasteiger partial charge in [-0.3, -0.25) is 0 Å². The van der Waals surface area contributed by atoms with E-state index in [1.807, 2.05) is 0 Å². The van der Waals surface area contributed by atoms with Gasteiger partial charge in [-0.2, -0.15) is 0 Å². The predicted molar refractivity (Wildman–Crippen MR) is 82.0 cm³/mol. The van der Waals surface area contributed by atoms with Crippen molar-refractivity contribution in [3.8, 4) is 0 Å². The number of hydrogen-bond donors (Lipinski definition) is 2. The van der Waals surface area contributed by atoms with Gasteiger partial charge in [0.15, 0.2) is 0 Å². The number of aliphatic hydroxyl groups excluding tert-OH is 1. The molecule has 0 spiro atoms. The van der Waals surface area contributed by atoms with E-state index in [2.05, 4.69) is 19.2 Å². The summed E-state index contributed by atoms with van der Waals surface area (Å²) in [6.45, 7) is 7.84. The lowest BCUT2D eigenvalue weighted by Gasteiger charge is -2.29. The molecule has 0 amide bonds. The summed E-state index contributed by atoms with van der Waals surface area (Å²) in [7, 11) is 0. The van der Waals surface area contributed by atoms with Crippen LogP contribution in [0.5, 0.6) is 0 Å². The van der Waals surface area contributed by atoms with E-state index in [9.17, 15) is 5.11 Å². The highest BCUT2D eigenvalue weighted by Gasteiger charge is 2.21. The van der Waals surface area contributed by atoms with Gasteiger partial charge in [0.25, 0.3) is 0 Å². The SMILES string of the molecule is CCCNC(C)(CO)CCCCOCC1CCCCO1. The lowest BCUT2D eigenvalue weighted by Crippen LogP contribution is -2.46. The Kier molecular flexibility index (Phi) is 9.44. The molecular weight excluding hydrogens is 254 g/mol. The van der Waals surface area contributed by atoms with Crippen LogP contribution in [0.1, 0.15) is 58.8 Å². The van der Waals surface area contributed by atoms with Gasteiger partial charge in [-0.15, -0.1) is 0 Å². The largest absolute Gasteiger partial charge is 0.394 e. The molecule has 0 aliphatic carbocycles. The summed E-state index contributed by atoms with van der Waals surface area (Å²) in [4.78, 5) is 0. The molecule has 4 nitrogen and oxygen atoms in total. The van der Waals surface area contributed by atoms with Gasteiger partial charge in [0, 0.05) is 18.8 Å². The van der Waals surface area contributed by atoms with Gasteiger partial charge in [0.2, 0.25) is 0 Å². The fraction of sp³-hybridized carbons (Fsp3) is 1.00. The first kappa shape index (κ1) is 17.9. The van der Waals surface area contributed by atoms with Crippen LogP contribution < -0.4 is 5.32 Å². The maximum Gasteiger partial charge on any atom is 0.0808 e. The molecule has 1 aliphatic rings. The fourth-order valence-corrected chi connectivity index (χ4v) is 2.52. The second-order valence-corrected chi connectivity index (χ2v) is 6.17. The minimum absolute atomic E-state index is 0.136. The Bertz CT molecular complexity index is 232. The highest BCUT2D eigenvalue weighted by atomic mass is 16.5. The van der Waals surface area contributed by atoms with Crippen molar-refractivity contribution < 1.29 is 14.6 Å². The van der Waals surface area contributed by atoms with E-state index in [0.717, 1.165) is 58.5 Å². The molecule has 0 bridgehead atoms. The summed E-state index contributed by atoms with van der Waals surface area (Å²) >= 11 is 0. The molecule has 0 saturated carbocycles. The van der Waals surface area contributed by atoms with Gasteiger partial charge in [-0.25, -0.2) is 0 Å². The highest BCUT2D eigenvalue weighted by molar-refractivity contribution is 4.81. The average molecular weight is 287 g/mol. The zero-order valence-corrected chi connectivity index (χ0v) is 13.3. The molecule has 2 N–H and O–H groups in total. The van der Waals surface area contributed by atoms with E-state index in [-0.39, 0.29) is 12.1 Å². The Morgan fingerprint density at radius 3 is 2.85 bits per heavy atom. The van der Waals surface area contributed by atoms with E-state index in [4.69, 9.17) is 9.47 Å². The lowest BCUT2D eigenvalue weighted by atomic mass is 9.95. The number of nitrogens with one attached hydrogen (secondary N) is 1. The third-order valence-electron chi connectivity index (χ3n) is 4.00. The quantitative estimate of drug-likeness (QED) is 0.573. The molecule has 2 unspecified atom stereocenters. The van der Waals surface area contributed by atoms with Crippen LogP contribution in [0.3, 0.4) is 0 Å². The van der Waals surface area contributed by atoms with Crippen LogP contribution in [0.15, 0.2) is 0 Å². The smallest absolute Gasteiger partial charge is 0.0808 e. The third-order valence-corrected chi connectivity index (χ3v) is 4.00. The van der Waals surface area contributed by atoms with Gasteiger partial charge in [0.1, 0.15) is 0 Å². The van der Waals surface area contributed by atoms with Crippen molar-refractivity contribution in [3.63, 3.8) is 0 Å². The number of hydrogen-bond acceptors (Lipinski definition) is 4. The van der Waals surface area contributed by atoms with E-state index >= 15 is 0 Å². The Hall–Kier alpha value is -0.160. The van der Waals surface area contributed by atoms with Crippen molar-refractivity contribution in [1.82, 2.24) is 5.32 Å². The van der Waals surface area contributed by atoms with Gasteiger partial charge < -0.3 is 19.9 Å². The maximum absolute atomic E-state index is 9.47. The molecule has 1 saturated heterocycles. The number of ether oxygens (including phenoxy) is 2. The molecule has 2 atom stereocenters. The molecule has 120 valence electrons. The molecule has 0 radical (unpaired) electrons. The van der Waals surface area contributed by atoms with E-state index in [0.29, 0.717) is 6.10 Å². The normalized spacial score (nSPS) is 22.6. The minimum atomic E-state index is -0.136. The number of rotatable bonds is 11. The standard InChI is InChI=1S/C16H33NO3/c1-3-10-17-16(2,14-18)9-5-7-11-19-13-15-8-4-6-12-20-15/h15,17-18H,3-14H2,1-2H3. The molecule has 0 aromatic heterocycles. The van der Waals surface area contributed by atoms with Crippen LogP contribution in [0, 0.1) is 0 Å². The molecule has 1 heterocycles. The predicted octanol–water partition coefficient (Wildman–Crippen LogP) is 2.49. The first-order valence-electron chi connectivity index (χ1n) is 8.25. The van der Waals surface area contributed by atoms with Crippen LogP contribution in [0.2, 0.25) is 0 Å². The third kappa shape index (κ3) is 7.58. The monoisotopic (exact) mass is 287 g/mol. The van der Waals surface area contributed by atoms with E-state index in [1.54, 1.807) is 0 Å². The first-order valence-corrected chi connectivity index (χ1v) is 8.25. The Labute approximate surface area is 124 Å². The van der Waals surface area contributed by atoms with Crippen molar-refractivity contribution >= 4 is 0 Å².